The summed E-state index contributed by atoms with van der Waals surface area (Å²) in [4.78, 5) is 0. The van der Waals surface area contributed by atoms with Crippen molar-refractivity contribution in [2.75, 3.05) is 0 Å². The fourth-order valence-corrected chi connectivity index (χ4v) is 4.85. The summed E-state index contributed by atoms with van der Waals surface area (Å²) in [5, 5.41) is -0.0277. The Labute approximate surface area is 104 Å². The van der Waals surface area contributed by atoms with Crippen molar-refractivity contribution in [3.05, 3.63) is 53.6 Å². The molecule has 0 unspecified atom stereocenters. The van der Waals surface area contributed by atoms with Crippen LogP contribution in [0.5, 0.6) is 0 Å². The first-order valence-electron chi connectivity index (χ1n) is 5.54. The molecule has 0 aliphatic heterocycles. The largest absolute Gasteiger partial charge is 0.204 e. The number of benzene rings is 1. The van der Waals surface area contributed by atoms with Crippen molar-refractivity contribution in [1.82, 2.24) is 0 Å². The number of hydrogen-bond donors (Lipinski definition) is 0. The van der Waals surface area contributed by atoms with Crippen LogP contribution in [0.15, 0.2) is 30.4 Å². The molecule has 1 aromatic rings. The van der Waals surface area contributed by atoms with Crippen LogP contribution in [0.1, 0.15) is 0 Å². The van der Waals surface area contributed by atoms with Crippen LogP contribution in [0.2, 0.25) is 18.6 Å². The molecule has 0 aromatic heterocycles. The Kier molecular flexibility index (Phi) is 3.19. The van der Waals surface area contributed by atoms with Gasteiger partial charge in [0.2, 0.25) is 0 Å². The lowest BCUT2D eigenvalue weighted by atomic mass is 10.3. The second-order valence-corrected chi connectivity index (χ2v) is 9.51. The smallest absolute Gasteiger partial charge is 0.197 e. The van der Waals surface area contributed by atoms with E-state index < -0.39 is 31.3 Å². The lowest BCUT2D eigenvalue weighted by molar-refractivity contribution is 0.412. The summed E-state index contributed by atoms with van der Waals surface area (Å²) in [6.45, 7) is 3.60. The summed E-state index contributed by atoms with van der Waals surface area (Å²) >= 11 is 0. The molecule has 0 radical (unpaired) electrons. The quantitative estimate of drug-likeness (QED) is 0.333. The lowest BCUT2D eigenvalue weighted by Gasteiger charge is -2.28. The van der Waals surface area contributed by atoms with Crippen molar-refractivity contribution in [2.45, 2.75) is 18.6 Å². The molecule has 0 fully saturated rings. The Morgan fingerprint density at radius 3 is 2.00 bits per heavy atom. The van der Waals surface area contributed by atoms with Crippen LogP contribution in [0.4, 0.5) is 17.6 Å². The van der Waals surface area contributed by atoms with Crippen molar-refractivity contribution < 1.29 is 17.6 Å². The Bertz CT molecular complexity index is 534. The second-order valence-electron chi connectivity index (χ2n) is 4.87. The van der Waals surface area contributed by atoms with E-state index in [2.05, 4.69) is 0 Å². The lowest BCUT2D eigenvalue weighted by Crippen LogP contribution is -2.47. The van der Waals surface area contributed by atoms with E-state index in [1.54, 1.807) is 13.1 Å². The summed E-state index contributed by atoms with van der Waals surface area (Å²) in [6.07, 6.45) is 7.36. The van der Waals surface area contributed by atoms with E-state index in [1.165, 1.54) is 0 Å². The maximum absolute atomic E-state index is 13.8. The molecule has 0 saturated carbocycles. The van der Waals surface area contributed by atoms with Crippen LogP contribution in [-0.2, 0) is 0 Å². The molecule has 1 aromatic carbocycles. The van der Waals surface area contributed by atoms with Crippen molar-refractivity contribution in [3.8, 4) is 0 Å². The monoisotopic (exact) mass is 272 g/mol. The molecule has 0 bridgehead atoms. The summed E-state index contributed by atoms with van der Waals surface area (Å²) < 4.78 is 53.2. The fourth-order valence-electron chi connectivity index (χ4n) is 2.13. The third-order valence-electron chi connectivity index (χ3n) is 3.38. The third-order valence-corrected chi connectivity index (χ3v) is 7.18. The van der Waals surface area contributed by atoms with Crippen molar-refractivity contribution in [2.24, 2.45) is 0 Å². The Balaban J connectivity index is 2.57. The minimum atomic E-state index is -2.47. The van der Waals surface area contributed by atoms with E-state index in [1.807, 2.05) is 24.3 Å². The molecule has 0 amide bonds. The highest BCUT2D eigenvalue weighted by Crippen LogP contribution is 2.30. The van der Waals surface area contributed by atoms with Crippen molar-refractivity contribution in [1.29, 1.82) is 0 Å². The average Bonchev–Trinajstić information content (AvgIpc) is 2.85. The van der Waals surface area contributed by atoms with Gasteiger partial charge in [-0.05, 0) is 16.8 Å². The molecular weight excluding hydrogens is 260 g/mol. The van der Waals surface area contributed by atoms with Gasteiger partial charge >= 0.3 is 0 Å². The molecular formula is C13H12F4Si. The Hall–Kier alpha value is -1.36. The molecule has 0 nitrogen and oxygen atoms in total. The first kappa shape index (κ1) is 13.1. The van der Waals surface area contributed by atoms with Gasteiger partial charge < -0.3 is 0 Å². The minimum absolute atomic E-state index is 0.0277. The molecule has 1 aliphatic rings. The minimum Gasteiger partial charge on any atom is -0.204 e. The fraction of sp³-hybridized carbons (Fsp3) is 0.231. The molecule has 0 N–H and O–H groups in total. The Morgan fingerprint density at radius 2 is 1.44 bits per heavy atom. The average molecular weight is 272 g/mol. The van der Waals surface area contributed by atoms with Crippen molar-refractivity contribution in [3.63, 3.8) is 0 Å². The van der Waals surface area contributed by atoms with Gasteiger partial charge in [-0.15, -0.1) is 0 Å². The van der Waals surface area contributed by atoms with Gasteiger partial charge in [-0.3, -0.25) is 0 Å². The SMILES string of the molecule is C[Si](C)(c1cc(F)c(F)c(F)c1F)C1C=CC=C1. The number of rotatable bonds is 2. The van der Waals surface area contributed by atoms with Crippen LogP contribution >= 0.6 is 0 Å². The molecule has 0 spiro atoms. The molecule has 0 heterocycles. The predicted molar refractivity (Wildman–Crippen MR) is 65.4 cm³/mol. The highest BCUT2D eigenvalue weighted by atomic mass is 28.3. The summed E-state index contributed by atoms with van der Waals surface area (Å²) in [7, 11) is -2.47. The summed E-state index contributed by atoms with van der Waals surface area (Å²) in [5.41, 5.74) is -0.0451. The van der Waals surface area contributed by atoms with Gasteiger partial charge in [-0.25, -0.2) is 17.6 Å². The molecule has 1 aliphatic carbocycles. The van der Waals surface area contributed by atoms with E-state index >= 15 is 0 Å². The van der Waals surface area contributed by atoms with E-state index in [0.29, 0.717) is 0 Å². The molecule has 2 rings (SSSR count). The van der Waals surface area contributed by atoms with Gasteiger partial charge in [0.1, 0.15) is 0 Å². The van der Waals surface area contributed by atoms with Gasteiger partial charge in [-0.1, -0.05) is 37.4 Å². The summed E-state index contributed by atoms with van der Waals surface area (Å²) in [5.74, 6) is -6.08. The van der Waals surface area contributed by atoms with E-state index in [0.717, 1.165) is 6.07 Å². The maximum atomic E-state index is 13.8. The standard InChI is InChI=1S/C13H12F4Si/c1-18(2,8-5-3-4-6-8)10-7-9(14)11(15)13(17)12(10)16/h3-8H,1-2H3. The van der Waals surface area contributed by atoms with Crippen LogP contribution in [0, 0.1) is 23.3 Å². The predicted octanol–water partition coefficient (Wildman–Crippen LogP) is 3.65. The third kappa shape index (κ3) is 1.92. The van der Waals surface area contributed by atoms with Gasteiger partial charge in [0.25, 0.3) is 0 Å². The zero-order valence-corrected chi connectivity index (χ0v) is 11.0. The zero-order chi connectivity index (χ0) is 13.5. The van der Waals surface area contributed by atoms with E-state index in [9.17, 15) is 17.6 Å². The molecule has 96 valence electrons. The molecule has 5 heteroatoms. The molecule has 0 atom stereocenters. The Morgan fingerprint density at radius 1 is 0.889 bits per heavy atom. The normalized spacial score (nSPS) is 15.7. The van der Waals surface area contributed by atoms with Gasteiger partial charge in [0.15, 0.2) is 23.3 Å². The number of hydrogen-bond acceptors (Lipinski definition) is 0. The molecule has 18 heavy (non-hydrogen) atoms. The molecule has 0 saturated heterocycles. The zero-order valence-electron chi connectivity index (χ0n) is 9.98. The van der Waals surface area contributed by atoms with E-state index in [-0.39, 0.29) is 10.7 Å². The first-order valence-corrected chi connectivity index (χ1v) is 8.62. The maximum Gasteiger partial charge on any atom is 0.197 e. The highest BCUT2D eigenvalue weighted by Gasteiger charge is 2.36. The highest BCUT2D eigenvalue weighted by molar-refractivity contribution is 6.91. The first-order chi connectivity index (χ1) is 8.35. The van der Waals surface area contributed by atoms with Crippen LogP contribution in [0.3, 0.4) is 0 Å². The van der Waals surface area contributed by atoms with Crippen LogP contribution in [0.25, 0.3) is 0 Å². The van der Waals surface area contributed by atoms with Crippen LogP contribution < -0.4 is 5.19 Å². The van der Waals surface area contributed by atoms with Gasteiger partial charge in [-0.2, -0.15) is 0 Å². The van der Waals surface area contributed by atoms with Crippen molar-refractivity contribution >= 4 is 13.3 Å². The van der Waals surface area contributed by atoms with Gasteiger partial charge in [0.05, 0.1) is 8.07 Å². The topological polar surface area (TPSA) is 0 Å². The summed E-state index contributed by atoms with van der Waals surface area (Å²) in [6, 6.07) is 0.792. The van der Waals surface area contributed by atoms with Crippen LogP contribution in [-0.4, -0.2) is 8.07 Å². The second kappa shape index (κ2) is 4.39. The van der Waals surface area contributed by atoms with Gasteiger partial charge in [0, 0.05) is 0 Å². The van der Waals surface area contributed by atoms with E-state index in [4.69, 9.17) is 0 Å². The number of halogens is 4. The number of allylic oxidation sites excluding steroid dienone is 4.